The van der Waals surface area contributed by atoms with E-state index < -0.39 is 0 Å². The van der Waals surface area contributed by atoms with Crippen LogP contribution >= 0.6 is 15.9 Å². The van der Waals surface area contributed by atoms with Crippen LogP contribution < -0.4 is 0 Å². The molecule has 2 rings (SSSR count). The van der Waals surface area contributed by atoms with Gasteiger partial charge in [0.1, 0.15) is 7.11 Å². The second-order valence-electron chi connectivity index (χ2n) is 5.52. The maximum Gasteiger partial charge on any atom is 0.263 e. The Bertz CT molecular complexity index is 583. The highest BCUT2D eigenvalue weighted by Crippen LogP contribution is 2.31. The van der Waals surface area contributed by atoms with Crippen LogP contribution in [-0.4, -0.2) is 29.3 Å². The summed E-state index contributed by atoms with van der Waals surface area (Å²) in [6.07, 6.45) is 1.83. The predicted molar refractivity (Wildman–Crippen MR) is 83.2 cm³/mol. The Kier molecular flexibility index (Phi) is 3.99. The van der Waals surface area contributed by atoms with Crippen LogP contribution in [0.3, 0.4) is 0 Å². The van der Waals surface area contributed by atoms with Gasteiger partial charge in [0.25, 0.3) is 5.91 Å². The molecule has 0 saturated carbocycles. The minimum atomic E-state index is -0.314. The molecule has 0 bridgehead atoms. The van der Waals surface area contributed by atoms with E-state index in [-0.39, 0.29) is 11.4 Å². The molecule has 1 saturated heterocycles. The zero-order valence-electron chi connectivity index (χ0n) is 12.0. The van der Waals surface area contributed by atoms with Crippen molar-refractivity contribution in [2.24, 2.45) is 5.16 Å². The van der Waals surface area contributed by atoms with Crippen molar-refractivity contribution in [3.8, 4) is 0 Å². The summed E-state index contributed by atoms with van der Waals surface area (Å²) in [7, 11) is 1.48. The van der Waals surface area contributed by atoms with E-state index in [1.165, 1.54) is 7.11 Å². The van der Waals surface area contributed by atoms with E-state index in [0.29, 0.717) is 11.4 Å². The number of hydrogen-bond acceptors (Lipinski definition) is 3. The SMILES string of the molecule is CO/N=C1\C(=C\c2ccc(Br)cc2)C(=O)N1C(C)(C)C. The lowest BCUT2D eigenvalue weighted by Gasteiger charge is -2.43. The van der Waals surface area contributed by atoms with Crippen LogP contribution in [0.4, 0.5) is 0 Å². The van der Waals surface area contributed by atoms with Gasteiger partial charge in [0.05, 0.1) is 5.57 Å². The van der Waals surface area contributed by atoms with E-state index in [4.69, 9.17) is 4.84 Å². The molecule has 1 aliphatic rings. The fourth-order valence-electron chi connectivity index (χ4n) is 2.03. The summed E-state index contributed by atoms with van der Waals surface area (Å²) in [5, 5.41) is 3.97. The molecule has 0 N–H and O–H groups in total. The van der Waals surface area contributed by atoms with Crippen molar-refractivity contribution in [1.82, 2.24) is 4.90 Å². The normalized spacial score (nSPS) is 19.4. The highest BCUT2D eigenvalue weighted by molar-refractivity contribution is 9.10. The highest BCUT2D eigenvalue weighted by Gasteiger charge is 2.45. The number of hydrogen-bond donors (Lipinski definition) is 0. The molecule has 0 radical (unpaired) electrons. The topological polar surface area (TPSA) is 41.9 Å². The van der Waals surface area contributed by atoms with E-state index in [9.17, 15) is 4.79 Å². The molecule has 1 heterocycles. The highest BCUT2D eigenvalue weighted by atomic mass is 79.9. The van der Waals surface area contributed by atoms with E-state index in [1.54, 1.807) is 4.90 Å². The van der Waals surface area contributed by atoms with Crippen LogP contribution in [0.1, 0.15) is 26.3 Å². The zero-order valence-corrected chi connectivity index (χ0v) is 13.6. The van der Waals surface area contributed by atoms with Crippen LogP contribution in [0.2, 0.25) is 0 Å². The molecule has 0 atom stereocenters. The van der Waals surface area contributed by atoms with Gasteiger partial charge < -0.3 is 4.84 Å². The fourth-order valence-corrected chi connectivity index (χ4v) is 2.29. The van der Waals surface area contributed by atoms with Gasteiger partial charge in [-0.25, -0.2) is 0 Å². The molecule has 20 heavy (non-hydrogen) atoms. The number of oxime groups is 1. The molecule has 0 aliphatic carbocycles. The summed E-state index contributed by atoms with van der Waals surface area (Å²) in [4.78, 5) is 18.8. The quantitative estimate of drug-likeness (QED) is 0.471. The Morgan fingerprint density at radius 1 is 1.25 bits per heavy atom. The Morgan fingerprint density at radius 3 is 2.35 bits per heavy atom. The van der Waals surface area contributed by atoms with E-state index in [2.05, 4.69) is 21.1 Å². The fraction of sp³-hybridized carbons (Fsp3) is 0.333. The summed E-state index contributed by atoms with van der Waals surface area (Å²) in [6, 6.07) is 7.75. The molecule has 0 aromatic heterocycles. The average molecular weight is 337 g/mol. The summed E-state index contributed by atoms with van der Waals surface area (Å²) < 4.78 is 1.00. The maximum absolute atomic E-state index is 12.3. The molecular weight excluding hydrogens is 320 g/mol. The number of nitrogens with zero attached hydrogens (tertiary/aromatic N) is 2. The van der Waals surface area contributed by atoms with Crippen molar-refractivity contribution in [3.63, 3.8) is 0 Å². The first-order chi connectivity index (χ1) is 9.34. The maximum atomic E-state index is 12.3. The van der Waals surface area contributed by atoms with Crippen molar-refractivity contribution in [1.29, 1.82) is 0 Å². The van der Waals surface area contributed by atoms with Gasteiger partial charge in [0.15, 0.2) is 5.84 Å². The first kappa shape index (κ1) is 14.8. The Balaban J connectivity index is 2.35. The Morgan fingerprint density at radius 2 is 1.85 bits per heavy atom. The molecule has 5 heteroatoms. The molecule has 1 aromatic rings. The molecular formula is C15H17BrN2O2. The molecule has 4 nitrogen and oxygen atoms in total. The van der Waals surface area contributed by atoms with Crippen molar-refractivity contribution < 1.29 is 9.63 Å². The van der Waals surface area contributed by atoms with E-state index in [0.717, 1.165) is 10.0 Å². The second kappa shape index (κ2) is 5.40. The smallest absolute Gasteiger partial charge is 0.263 e. The molecule has 0 spiro atoms. The monoisotopic (exact) mass is 336 g/mol. The van der Waals surface area contributed by atoms with Crippen molar-refractivity contribution >= 4 is 33.7 Å². The first-order valence-corrected chi connectivity index (χ1v) is 7.07. The number of amides is 1. The predicted octanol–water partition coefficient (Wildman–Crippen LogP) is 3.43. The molecule has 1 amide bonds. The lowest BCUT2D eigenvalue weighted by atomic mass is 9.93. The van der Waals surface area contributed by atoms with Crippen LogP contribution in [-0.2, 0) is 9.63 Å². The van der Waals surface area contributed by atoms with Gasteiger partial charge >= 0.3 is 0 Å². The van der Waals surface area contributed by atoms with Gasteiger partial charge in [-0.3, -0.25) is 9.69 Å². The van der Waals surface area contributed by atoms with Gasteiger partial charge in [-0.15, -0.1) is 0 Å². The number of benzene rings is 1. The number of amidine groups is 1. The molecule has 1 aliphatic heterocycles. The third kappa shape index (κ3) is 2.77. The first-order valence-electron chi connectivity index (χ1n) is 6.28. The van der Waals surface area contributed by atoms with Crippen molar-refractivity contribution in [2.75, 3.05) is 7.11 Å². The lowest BCUT2D eigenvalue weighted by Crippen LogP contribution is -2.60. The largest absolute Gasteiger partial charge is 0.397 e. The van der Waals surface area contributed by atoms with E-state index >= 15 is 0 Å². The third-order valence-electron chi connectivity index (χ3n) is 2.92. The molecule has 1 aromatic carbocycles. The molecule has 106 valence electrons. The van der Waals surface area contributed by atoms with Crippen LogP contribution in [0.25, 0.3) is 6.08 Å². The number of carbonyl (C=O) groups excluding carboxylic acids is 1. The summed E-state index contributed by atoms with van der Waals surface area (Å²) in [5.41, 5.74) is 1.21. The van der Waals surface area contributed by atoms with Gasteiger partial charge in [-0.2, -0.15) is 0 Å². The average Bonchev–Trinajstić information content (AvgIpc) is 2.36. The summed E-state index contributed by atoms with van der Waals surface area (Å²) >= 11 is 3.39. The Hall–Kier alpha value is -1.62. The number of halogens is 1. The molecule has 1 fully saturated rings. The third-order valence-corrected chi connectivity index (χ3v) is 3.44. The van der Waals surface area contributed by atoms with Crippen LogP contribution in [0, 0.1) is 0 Å². The van der Waals surface area contributed by atoms with E-state index in [1.807, 2.05) is 51.1 Å². The lowest BCUT2D eigenvalue weighted by molar-refractivity contribution is -0.129. The van der Waals surface area contributed by atoms with Gasteiger partial charge in [0, 0.05) is 10.0 Å². The number of β-lactam (4-membered cyclic amide) rings is 1. The summed E-state index contributed by atoms with van der Waals surface area (Å²) in [5.74, 6) is 0.545. The zero-order chi connectivity index (χ0) is 14.9. The van der Waals surface area contributed by atoms with Gasteiger partial charge in [-0.05, 0) is 44.5 Å². The number of carbonyl (C=O) groups is 1. The van der Waals surface area contributed by atoms with Gasteiger partial charge in [-0.1, -0.05) is 33.2 Å². The number of rotatable bonds is 2. The van der Waals surface area contributed by atoms with Crippen molar-refractivity contribution in [2.45, 2.75) is 26.3 Å². The van der Waals surface area contributed by atoms with Crippen LogP contribution in [0.15, 0.2) is 39.5 Å². The summed E-state index contributed by atoms with van der Waals surface area (Å²) in [6.45, 7) is 5.89. The van der Waals surface area contributed by atoms with Crippen LogP contribution in [0.5, 0.6) is 0 Å². The molecule has 0 unspecified atom stereocenters. The minimum Gasteiger partial charge on any atom is -0.397 e. The van der Waals surface area contributed by atoms with Gasteiger partial charge in [0.2, 0.25) is 0 Å². The van der Waals surface area contributed by atoms with Crippen molar-refractivity contribution in [3.05, 3.63) is 39.9 Å². The second-order valence-corrected chi connectivity index (χ2v) is 6.43. The standard InChI is InChI=1S/C15H17BrN2O2/c1-15(2,3)18-13(17-20-4)12(14(18)19)9-10-5-7-11(16)8-6-10/h5-9H,1-4H3/b12-9-,17-13+. The minimum absolute atomic E-state index is 0.0313. The number of likely N-dealkylation sites (tertiary alicyclic amines) is 1. The Labute approximate surface area is 127 Å².